The highest BCUT2D eigenvalue weighted by molar-refractivity contribution is 8.02. The summed E-state index contributed by atoms with van der Waals surface area (Å²) in [7, 11) is 0. The van der Waals surface area contributed by atoms with Crippen LogP contribution in [0.5, 0.6) is 0 Å². The van der Waals surface area contributed by atoms with Gasteiger partial charge in [0.15, 0.2) is 4.34 Å². The Morgan fingerprint density at radius 1 is 1.11 bits per heavy atom. The molecule has 0 saturated heterocycles. The van der Waals surface area contributed by atoms with Crippen molar-refractivity contribution in [3.05, 3.63) is 54.1 Å². The standard InChI is InChI=1S/C19H20N4O2S2/c1-3-13-8-10-14(11-9-13)20-18(25)23-22-17(24)12(2)26-19-21-15-6-4-5-7-16(15)27-19/h4-12H,3H2,1-2H3,(H,22,24)(H2,20,23,25)/t12-/m0/s1. The lowest BCUT2D eigenvalue weighted by Gasteiger charge is -2.12. The van der Waals surface area contributed by atoms with Crippen molar-refractivity contribution >= 4 is 50.9 Å². The van der Waals surface area contributed by atoms with E-state index >= 15 is 0 Å². The Morgan fingerprint density at radius 3 is 2.56 bits per heavy atom. The number of aromatic nitrogens is 1. The van der Waals surface area contributed by atoms with E-state index in [4.69, 9.17) is 0 Å². The van der Waals surface area contributed by atoms with Gasteiger partial charge in [-0.15, -0.1) is 11.3 Å². The van der Waals surface area contributed by atoms with E-state index in [1.165, 1.54) is 17.3 Å². The first-order chi connectivity index (χ1) is 13.0. The number of hydrogen-bond donors (Lipinski definition) is 3. The zero-order valence-electron chi connectivity index (χ0n) is 15.0. The summed E-state index contributed by atoms with van der Waals surface area (Å²) in [6, 6.07) is 14.9. The Labute approximate surface area is 165 Å². The molecule has 0 radical (unpaired) electrons. The highest BCUT2D eigenvalue weighted by atomic mass is 32.2. The fourth-order valence-electron chi connectivity index (χ4n) is 2.31. The van der Waals surface area contributed by atoms with Crippen molar-refractivity contribution < 1.29 is 9.59 Å². The first-order valence-corrected chi connectivity index (χ1v) is 10.2. The van der Waals surface area contributed by atoms with Crippen LogP contribution in [0.25, 0.3) is 10.2 Å². The van der Waals surface area contributed by atoms with Gasteiger partial charge in [0, 0.05) is 5.69 Å². The van der Waals surface area contributed by atoms with Crippen LogP contribution in [0.1, 0.15) is 19.4 Å². The first kappa shape index (κ1) is 19.2. The largest absolute Gasteiger partial charge is 0.337 e. The zero-order valence-corrected chi connectivity index (χ0v) is 16.6. The van der Waals surface area contributed by atoms with E-state index in [-0.39, 0.29) is 5.91 Å². The maximum Gasteiger partial charge on any atom is 0.337 e. The number of carbonyl (C=O) groups excluding carboxylic acids is 2. The van der Waals surface area contributed by atoms with Crippen LogP contribution in [0, 0.1) is 0 Å². The molecular formula is C19H20N4O2S2. The number of amides is 3. The highest BCUT2D eigenvalue weighted by Crippen LogP contribution is 2.31. The van der Waals surface area contributed by atoms with Gasteiger partial charge in [-0.25, -0.2) is 15.2 Å². The molecule has 6 nitrogen and oxygen atoms in total. The predicted molar refractivity (Wildman–Crippen MR) is 111 cm³/mol. The Bertz CT molecular complexity index is 907. The van der Waals surface area contributed by atoms with Gasteiger partial charge in [-0.1, -0.05) is 43.0 Å². The van der Waals surface area contributed by atoms with Crippen LogP contribution in [0.15, 0.2) is 52.9 Å². The van der Waals surface area contributed by atoms with E-state index in [1.807, 2.05) is 48.5 Å². The maximum atomic E-state index is 12.2. The fourth-order valence-corrected chi connectivity index (χ4v) is 4.52. The number of nitrogens with zero attached hydrogens (tertiary/aromatic N) is 1. The molecule has 0 fully saturated rings. The minimum atomic E-state index is -0.496. The molecule has 0 unspecified atom stereocenters. The molecule has 0 aliphatic rings. The first-order valence-electron chi connectivity index (χ1n) is 8.53. The van der Waals surface area contributed by atoms with Crippen LogP contribution in [0.2, 0.25) is 0 Å². The molecule has 1 atom stereocenters. The molecular weight excluding hydrogens is 380 g/mol. The summed E-state index contributed by atoms with van der Waals surface area (Å²) in [5.41, 5.74) is 7.58. The predicted octanol–water partition coefficient (Wildman–Crippen LogP) is 4.19. The Hall–Kier alpha value is -2.58. The van der Waals surface area contributed by atoms with Crippen LogP contribution < -0.4 is 16.2 Å². The molecule has 27 heavy (non-hydrogen) atoms. The zero-order chi connectivity index (χ0) is 19.2. The number of anilines is 1. The Morgan fingerprint density at radius 2 is 1.85 bits per heavy atom. The van der Waals surface area contributed by atoms with Crippen LogP contribution >= 0.6 is 23.1 Å². The minimum Gasteiger partial charge on any atom is -0.307 e. The van der Waals surface area contributed by atoms with Crippen molar-refractivity contribution in [1.82, 2.24) is 15.8 Å². The average Bonchev–Trinajstić information content (AvgIpc) is 3.09. The molecule has 0 saturated carbocycles. The molecule has 0 bridgehead atoms. The number of hydrogen-bond acceptors (Lipinski definition) is 5. The topological polar surface area (TPSA) is 83.1 Å². The number of hydrazine groups is 1. The van der Waals surface area contributed by atoms with E-state index in [0.29, 0.717) is 5.69 Å². The van der Waals surface area contributed by atoms with Crippen LogP contribution in [-0.4, -0.2) is 22.2 Å². The third-order valence-electron chi connectivity index (χ3n) is 3.84. The summed E-state index contributed by atoms with van der Waals surface area (Å²) in [4.78, 5) is 28.6. The second-order valence-corrected chi connectivity index (χ2v) is 8.45. The molecule has 3 N–H and O–H groups in total. The lowest BCUT2D eigenvalue weighted by molar-refractivity contribution is -0.120. The van der Waals surface area contributed by atoms with Crippen LogP contribution in [0.4, 0.5) is 10.5 Å². The summed E-state index contributed by atoms with van der Waals surface area (Å²) < 4.78 is 1.90. The lowest BCUT2D eigenvalue weighted by Crippen LogP contribution is -2.46. The number of fused-ring (bicyclic) bond motifs is 1. The number of carbonyl (C=O) groups is 2. The van der Waals surface area contributed by atoms with E-state index in [0.717, 1.165) is 21.0 Å². The van der Waals surface area contributed by atoms with Crippen molar-refractivity contribution in [3.8, 4) is 0 Å². The van der Waals surface area contributed by atoms with Crippen LogP contribution in [-0.2, 0) is 11.2 Å². The summed E-state index contributed by atoms with van der Waals surface area (Å²) in [6.45, 7) is 3.84. The second-order valence-electron chi connectivity index (χ2n) is 5.83. The summed E-state index contributed by atoms with van der Waals surface area (Å²) in [6.07, 6.45) is 0.937. The fraction of sp³-hybridized carbons (Fsp3) is 0.211. The van der Waals surface area contributed by atoms with Crippen molar-refractivity contribution in [3.63, 3.8) is 0 Å². The molecule has 2 aromatic carbocycles. The lowest BCUT2D eigenvalue weighted by atomic mass is 10.1. The molecule has 3 rings (SSSR count). The van der Waals surface area contributed by atoms with Gasteiger partial charge < -0.3 is 5.32 Å². The quantitative estimate of drug-likeness (QED) is 0.443. The van der Waals surface area contributed by atoms with E-state index < -0.39 is 11.3 Å². The summed E-state index contributed by atoms with van der Waals surface area (Å²) in [5.74, 6) is -0.296. The van der Waals surface area contributed by atoms with E-state index in [1.54, 1.807) is 18.3 Å². The number of para-hydroxylation sites is 1. The molecule has 8 heteroatoms. The van der Waals surface area contributed by atoms with Crippen molar-refractivity contribution in [2.75, 3.05) is 5.32 Å². The third-order valence-corrected chi connectivity index (χ3v) is 6.07. The summed E-state index contributed by atoms with van der Waals surface area (Å²) in [5, 5.41) is 2.28. The van der Waals surface area contributed by atoms with E-state index in [2.05, 4.69) is 28.1 Å². The van der Waals surface area contributed by atoms with Gasteiger partial charge in [-0.05, 0) is 43.2 Å². The SMILES string of the molecule is CCc1ccc(NC(=O)NNC(=O)[C@H](C)Sc2nc3ccccc3s2)cc1. The Balaban J connectivity index is 1.48. The van der Waals surface area contributed by atoms with Crippen molar-refractivity contribution in [1.29, 1.82) is 0 Å². The maximum absolute atomic E-state index is 12.2. The highest BCUT2D eigenvalue weighted by Gasteiger charge is 2.17. The number of urea groups is 1. The number of rotatable bonds is 5. The molecule has 1 heterocycles. The van der Waals surface area contributed by atoms with Gasteiger partial charge >= 0.3 is 6.03 Å². The molecule has 140 valence electrons. The smallest absolute Gasteiger partial charge is 0.307 e. The molecule has 0 aliphatic carbocycles. The van der Waals surface area contributed by atoms with Gasteiger partial charge in [0.05, 0.1) is 15.5 Å². The van der Waals surface area contributed by atoms with Gasteiger partial charge in [0.1, 0.15) is 0 Å². The monoisotopic (exact) mass is 400 g/mol. The minimum absolute atomic E-state index is 0.296. The van der Waals surface area contributed by atoms with Crippen molar-refractivity contribution in [2.45, 2.75) is 29.9 Å². The van der Waals surface area contributed by atoms with Gasteiger partial charge in [-0.2, -0.15) is 0 Å². The average molecular weight is 401 g/mol. The second kappa shape index (κ2) is 8.88. The summed E-state index contributed by atoms with van der Waals surface area (Å²) >= 11 is 2.91. The van der Waals surface area contributed by atoms with Gasteiger partial charge in [0.25, 0.3) is 5.91 Å². The number of thiazole rings is 1. The third kappa shape index (κ3) is 5.21. The number of nitrogens with one attached hydrogen (secondary N) is 3. The molecule has 0 spiro atoms. The number of benzene rings is 2. The Kier molecular flexibility index (Phi) is 6.31. The van der Waals surface area contributed by atoms with E-state index in [9.17, 15) is 9.59 Å². The molecule has 3 aromatic rings. The number of aryl methyl sites for hydroxylation is 1. The molecule has 3 amide bonds. The van der Waals surface area contributed by atoms with Crippen LogP contribution in [0.3, 0.4) is 0 Å². The number of thioether (sulfide) groups is 1. The van der Waals surface area contributed by atoms with Gasteiger partial charge in [0.2, 0.25) is 0 Å². The molecule has 0 aliphatic heterocycles. The van der Waals surface area contributed by atoms with Crippen molar-refractivity contribution in [2.24, 2.45) is 0 Å². The normalized spacial score (nSPS) is 11.8. The van der Waals surface area contributed by atoms with Gasteiger partial charge in [-0.3, -0.25) is 10.2 Å². The molecule has 1 aromatic heterocycles.